The quantitative estimate of drug-likeness (QED) is 0.705. The molecule has 1 N–H and O–H groups in total. The normalized spacial score (nSPS) is 19.4. The van der Waals surface area contributed by atoms with E-state index in [0.29, 0.717) is 51.4 Å². The number of hydrogen-bond donors (Lipinski definition) is 1. The van der Waals surface area contributed by atoms with Gasteiger partial charge in [-0.2, -0.15) is 4.31 Å². The fraction of sp³-hybridized carbons (Fsp3) is 0.667. The zero-order valence-corrected chi connectivity index (χ0v) is 18.7. The smallest absolute Gasteiger partial charge is 0.317 e. The number of rotatable bonds is 7. The van der Waals surface area contributed by atoms with E-state index < -0.39 is 10.0 Å². The van der Waals surface area contributed by atoms with E-state index in [2.05, 4.69) is 5.32 Å². The number of piperidine rings is 1. The van der Waals surface area contributed by atoms with Crippen LogP contribution in [0, 0.1) is 0 Å². The highest BCUT2D eigenvalue weighted by molar-refractivity contribution is 7.89. The number of nitrogens with zero attached hydrogens (tertiary/aromatic N) is 2. The fourth-order valence-corrected chi connectivity index (χ4v) is 5.69. The summed E-state index contributed by atoms with van der Waals surface area (Å²) in [4.78, 5) is 15.1. The van der Waals surface area contributed by atoms with Crippen LogP contribution in [0.1, 0.15) is 39.0 Å². The molecule has 2 aliphatic rings. The van der Waals surface area contributed by atoms with Gasteiger partial charge in [0.1, 0.15) is 5.75 Å². The summed E-state index contributed by atoms with van der Waals surface area (Å²) < 4.78 is 38.3. The van der Waals surface area contributed by atoms with Crippen LogP contribution < -0.4 is 10.1 Å². The van der Waals surface area contributed by atoms with Crippen molar-refractivity contribution in [3.8, 4) is 5.75 Å². The van der Waals surface area contributed by atoms with Crippen LogP contribution in [-0.4, -0.2) is 75.7 Å². The molecule has 2 saturated heterocycles. The average molecular weight is 440 g/mol. The molecular formula is C21H33N3O5S. The third-order valence-corrected chi connectivity index (χ3v) is 7.74. The summed E-state index contributed by atoms with van der Waals surface area (Å²) in [6.45, 7) is 4.77. The second-order valence-corrected chi connectivity index (χ2v) is 9.73. The Morgan fingerprint density at radius 1 is 1.20 bits per heavy atom. The van der Waals surface area contributed by atoms with Gasteiger partial charge in [-0.3, -0.25) is 0 Å². The van der Waals surface area contributed by atoms with Crippen molar-refractivity contribution >= 4 is 16.1 Å². The fourth-order valence-electron chi connectivity index (χ4n) is 4.19. The molecule has 0 atom stereocenters. The molecule has 0 aromatic heterocycles. The molecule has 0 spiro atoms. The Morgan fingerprint density at radius 2 is 1.87 bits per heavy atom. The maximum atomic E-state index is 13.1. The van der Waals surface area contributed by atoms with Crippen LogP contribution in [0.25, 0.3) is 0 Å². The van der Waals surface area contributed by atoms with Crippen LogP contribution in [0.3, 0.4) is 0 Å². The Bertz CT molecular complexity index is 803. The van der Waals surface area contributed by atoms with E-state index in [9.17, 15) is 13.2 Å². The van der Waals surface area contributed by atoms with E-state index in [1.54, 1.807) is 24.3 Å². The maximum Gasteiger partial charge on any atom is 0.317 e. The summed E-state index contributed by atoms with van der Waals surface area (Å²) in [7, 11) is -2.07. The third-order valence-electron chi connectivity index (χ3n) is 5.84. The summed E-state index contributed by atoms with van der Waals surface area (Å²) in [6, 6.07) is 6.68. The SMILES string of the molecule is CCCNC(=O)N(C1CCOCC1)C1CCN(S(=O)(=O)c2cccc(OC)c2)CC1. The molecule has 8 nitrogen and oxygen atoms in total. The number of carbonyl (C=O) groups excluding carboxylic acids is 1. The number of hydrogen-bond acceptors (Lipinski definition) is 5. The van der Waals surface area contributed by atoms with E-state index in [1.807, 2.05) is 11.8 Å². The Balaban J connectivity index is 1.70. The molecule has 2 aliphatic heterocycles. The monoisotopic (exact) mass is 439 g/mol. The summed E-state index contributed by atoms with van der Waals surface area (Å²) in [5.74, 6) is 0.518. The standard InChI is InChI=1S/C21H33N3O5S/c1-3-11-22-21(25)24(18-9-14-29-15-10-18)17-7-12-23(13-8-17)30(26,27)20-6-4-5-19(16-20)28-2/h4-6,16-18H,3,7-15H2,1-2H3,(H,22,25). The summed E-state index contributed by atoms with van der Waals surface area (Å²) in [6.07, 6.45) is 3.77. The molecule has 0 saturated carbocycles. The Hall–Kier alpha value is -1.84. The number of urea groups is 1. The molecule has 2 fully saturated rings. The number of nitrogens with one attached hydrogen (secondary N) is 1. The van der Waals surface area contributed by atoms with Gasteiger partial charge >= 0.3 is 6.03 Å². The minimum atomic E-state index is -3.59. The third kappa shape index (κ3) is 5.25. The van der Waals surface area contributed by atoms with Gasteiger partial charge in [0.15, 0.2) is 0 Å². The number of benzene rings is 1. The van der Waals surface area contributed by atoms with Crippen molar-refractivity contribution in [1.82, 2.24) is 14.5 Å². The van der Waals surface area contributed by atoms with Crippen LogP contribution in [0.2, 0.25) is 0 Å². The van der Waals surface area contributed by atoms with Crippen molar-refractivity contribution in [2.75, 3.05) is 40.0 Å². The molecule has 30 heavy (non-hydrogen) atoms. The first kappa shape index (κ1) is 22.8. The second-order valence-electron chi connectivity index (χ2n) is 7.80. The molecule has 1 aromatic carbocycles. The zero-order chi connectivity index (χ0) is 21.6. The van der Waals surface area contributed by atoms with Crippen LogP contribution in [0.5, 0.6) is 5.75 Å². The first-order valence-electron chi connectivity index (χ1n) is 10.8. The van der Waals surface area contributed by atoms with Gasteiger partial charge in [0.25, 0.3) is 0 Å². The average Bonchev–Trinajstić information content (AvgIpc) is 2.79. The largest absolute Gasteiger partial charge is 0.497 e. The van der Waals surface area contributed by atoms with Crippen molar-refractivity contribution in [3.05, 3.63) is 24.3 Å². The van der Waals surface area contributed by atoms with E-state index >= 15 is 0 Å². The zero-order valence-electron chi connectivity index (χ0n) is 17.9. The van der Waals surface area contributed by atoms with E-state index in [0.717, 1.165) is 19.3 Å². The number of carbonyl (C=O) groups is 1. The molecule has 0 radical (unpaired) electrons. The van der Waals surface area contributed by atoms with Crippen LogP contribution in [-0.2, 0) is 14.8 Å². The van der Waals surface area contributed by atoms with Gasteiger partial charge in [0.2, 0.25) is 10.0 Å². The minimum Gasteiger partial charge on any atom is -0.497 e. The topological polar surface area (TPSA) is 88.2 Å². The number of sulfonamides is 1. The molecule has 0 unspecified atom stereocenters. The lowest BCUT2D eigenvalue weighted by molar-refractivity contribution is 0.0255. The molecule has 2 amide bonds. The Kier molecular flexibility index (Phi) is 7.96. The van der Waals surface area contributed by atoms with Crippen LogP contribution in [0.4, 0.5) is 4.79 Å². The van der Waals surface area contributed by atoms with E-state index in [-0.39, 0.29) is 23.0 Å². The van der Waals surface area contributed by atoms with Gasteiger partial charge in [-0.25, -0.2) is 13.2 Å². The lowest BCUT2D eigenvalue weighted by Crippen LogP contribution is -2.56. The molecule has 9 heteroatoms. The molecule has 3 rings (SSSR count). The van der Waals surface area contributed by atoms with Crippen molar-refractivity contribution < 1.29 is 22.7 Å². The molecular weight excluding hydrogens is 406 g/mol. The highest BCUT2D eigenvalue weighted by atomic mass is 32.2. The number of methoxy groups -OCH3 is 1. The van der Waals surface area contributed by atoms with Crippen molar-refractivity contribution in [2.45, 2.75) is 56.0 Å². The van der Waals surface area contributed by atoms with E-state index in [4.69, 9.17) is 9.47 Å². The lowest BCUT2D eigenvalue weighted by atomic mass is 9.99. The van der Waals surface area contributed by atoms with Crippen LogP contribution in [0.15, 0.2) is 29.2 Å². The second kappa shape index (κ2) is 10.5. The van der Waals surface area contributed by atoms with Crippen molar-refractivity contribution in [1.29, 1.82) is 0 Å². The number of amides is 2. The minimum absolute atomic E-state index is 0.0294. The van der Waals surface area contributed by atoms with Gasteiger partial charge < -0.3 is 19.7 Å². The summed E-state index contributed by atoms with van der Waals surface area (Å²) in [5, 5.41) is 3.01. The maximum absolute atomic E-state index is 13.1. The summed E-state index contributed by atoms with van der Waals surface area (Å²) >= 11 is 0. The predicted molar refractivity (Wildman–Crippen MR) is 114 cm³/mol. The van der Waals surface area contributed by atoms with Gasteiger partial charge in [-0.1, -0.05) is 13.0 Å². The summed E-state index contributed by atoms with van der Waals surface area (Å²) in [5.41, 5.74) is 0. The molecule has 0 aliphatic carbocycles. The van der Waals surface area contributed by atoms with Gasteiger partial charge in [0, 0.05) is 51.0 Å². The van der Waals surface area contributed by atoms with Gasteiger partial charge in [-0.15, -0.1) is 0 Å². The molecule has 2 heterocycles. The predicted octanol–water partition coefficient (Wildman–Crippen LogP) is 2.45. The molecule has 168 valence electrons. The number of ether oxygens (including phenoxy) is 2. The van der Waals surface area contributed by atoms with Crippen molar-refractivity contribution in [2.24, 2.45) is 0 Å². The van der Waals surface area contributed by atoms with Gasteiger partial charge in [0.05, 0.1) is 12.0 Å². The van der Waals surface area contributed by atoms with Gasteiger partial charge in [-0.05, 0) is 44.2 Å². The first-order chi connectivity index (χ1) is 14.5. The lowest BCUT2D eigenvalue weighted by Gasteiger charge is -2.43. The Labute approximate surface area is 179 Å². The molecule has 0 bridgehead atoms. The van der Waals surface area contributed by atoms with Crippen molar-refractivity contribution in [3.63, 3.8) is 0 Å². The molecule has 1 aromatic rings. The Morgan fingerprint density at radius 3 is 2.50 bits per heavy atom. The highest BCUT2D eigenvalue weighted by Crippen LogP contribution is 2.28. The van der Waals surface area contributed by atoms with E-state index in [1.165, 1.54) is 11.4 Å². The van der Waals surface area contributed by atoms with Crippen LogP contribution >= 0.6 is 0 Å². The first-order valence-corrected chi connectivity index (χ1v) is 12.2. The highest BCUT2D eigenvalue weighted by Gasteiger charge is 2.36.